The molecule has 21 heavy (non-hydrogen) atoms. The van der Waals surface area contributed by atoms with Gasteiger partial charge in [-0.25, -0.2) is 4.98 Å². The van der Waals surface area contributed by atoms with Crippen molar-refractivity contribution in [1.29, 1.82) is 0 Å². The highest BCUT2D eigenvalue weighted by molar-refractivity contribution is 6.30. The van der Waals surface area contributed by atoms with Crippen LogP contribution in [0.4, 0.5) is 0 Å². The third-order valence-electron chi connectivity index (χ3n) is 3.15. The minimum atomic E-state index is -0.0577. The first-order valence-electron chi connectivity index (χ1n) is 6.65. The van der Waals surface area contributed by atoms with E-state index in [0.717, 1.165) is 22.4 Å². The molecule has 1 amide bonds. The van der Waals surface area contributed by atoms with Gasteiger partial charge in [0.05, 0.1) is 24.0 Å². The number of carbonyl (C=O) groups excluding carboxylic acids is 1. The zero-order chi connectivity index (χ0) is 14.7. The van der Waals surface area contributed by atoms with Gasteiger partial charge in [0.15, 0.2) is 0 Å². The van der Waals surface area contributed by atoms with Crippen molar-refractivity contribution in [2.75, 3.05) is 0 Å². The highest BCUT2D eigenvalue weighted by Gasteiger charge is 2.06. The summed E-state index contributed by atoms with van der Waals surface area (Å²) in [6.45, 7) is 0.383. The van der Waals surface area contributed by atoms with Crippen LogP contribution in [0.1, 0.15) is 11.4 Å². The van der Waals surface area contributed by atoms with E-state index in [4.69, 9.17) is 11.6 Å². The fourth-order valence-corrected chi connectivity index (χ4v) is 2.38. The van der Waals surface area contributed by atoms with Gasteiger partial charge in [0, 0.05) is 5.02 Å². The summed E-state index contributed by atoms with van der Waals surface area (Å²) in [5.41, 5.74) is 2.76. The molecule has 5 heteroatoms. The SMILES string of the molecule is O=C(Cc1cccc(Cl)c1)NCc1nc2ccccc2[nH]1. The number of nitrogens with one attached hydrogen (secondary N) is 2. The molecule has 2 N–H and O–H groups in total. The highest BCUT2D eigenvalue weighted by atomic mass is 35.5. The van der Waals surface area contributed by atoms with Gasteiger partial charge in [-0.3, -0.25) is 4.79 Å². The predicted molar refractivity (Wildman–Crippen MR) is 83.1 cm³/mol. The van der Waals surface area contributed by atoms with Crippen molar-refractivity contribution in [1.82, 2.24) is 15.3 Å². The normalized spacial score (nSPS) is 10.7. The summed E-state index contributed by atoms with van der Waals surface area (Å²) in [6, 6.07) is 15.1. The summed E-state index contributed by atoms with van der Waals surface area (Å²) in [4.78, 5) is 19.5. The van der Waals surface area contributed by atoms with Crippen molar-refractivity contribution in [3.8, 4) is 0 Å². The number of imidazole rings is 1. The number of halogens is 1. The van der Waals surface area contributed by atoms with Gasteiger partial charge < -0.3 is 10.3 Å². The lowest BCUT2D eigenvalue weighted by Crippen LogP contribution is -2.25. The Morgan fingerprint density at radius 3 is 2.86 bits per heavy atom. The number of nitrogens with zero attached hydrogens (tertiary/aromatic N) is 1. The molecule has 2 aromatic carbocycles. The van der Waals surface area contributed by atoms with Crippen LogP contribution < -0.4 is 5.32 Å². The van der Waals surface area contributed by atoms with Crippen LogP contribution in [0.2, 0.25) is 5.02 Å². The van der Waals surface area contributed by atoms with Gasteiger partial charge in [0.1, 0.15) is 5.82 Å². The zero-order valence-corrected chi connectivity index (χ0v) is 12.0. The summed E-state index contributed by atoms with van der Waals surface area (Å²) in [5.74, 6) is 0.688. The number of aromatic nitrogens is 2. The fourth-order valence-electron chi connectivity index (χ4n) is 2.17. The molecule has 0 saturated carbocycles. The minimum absolute atomic E-state index is 0.0577. The van der Waals surface area contributed by atoms with Gasteiger partial charge >= 0.3 is 0 Å². The number of H-pyrrole nitrogens is 1. The maximum atomic E-state index is 11.9. The van der Waals surface area contributed by atoms with Crippen molar-refractivity contribution in [2.45, 2.75) is 13.0 Å². The molecule has 0 aliphatic heterocycles. The number of hydrogen-bond acceptors (Lipinski definition) is 2. The lowest BCUT2D eigenvalue weighted by atomic mass is 10.1. The Balaban J connectivity index is 1.60. The molecule has 0 atom stereocenters. The van der Waals surface area contributed by atoms with Crippen LogP contribution >= 0.6 is 11.6 Å². The summed E-state index contributed by atoms with van der Waals surface area (Å²) in [5, 5.41) is 3.49. The molecular weight excluding hydrogens is 286 g/mol. The van der Waals surface area contributed by atoms with Gasteiger partial charge in [-0.2, -0.15) is 0 Å². The van der Waals surface area contributed by atoms with E-state index >= 15 is 0 Å². The second-order valence-electron chi connectivity index (χ2n) is 4.78. The standard InChI is InChI=1S/C16H14ClN3O/c17-12-5-3-4-11(8-12)9-16(21)18-10-15-19-13-6-1-2-7-14(13)20-15/h1-8H,9-10H2,(H,18,21)(H,19,20). The lowest BCUT2D eigenvalue weighted by Gasteiger charge is -2.03. The molecule has 0 spiro atoms. The van der Waals surface area contributed by atoms with Crippen LogP contribution in [-0.2, 0) is 17.8 Å². The molecule has 0 saturated heterocycles. The first kappa shape index (κ1) is 13.6. The van der Waals surface area contributed by atoms with Gasteiger partial charge in [-0.1, -0.05) is 35.9 Å². The summed E-state index contributed by atoms with van der Waals surface area (Å²) in [6.07, 6.45) is 0.306. The van der Waals surface area contributed by atoms with Gasteiger partial charge in [-0.05, 0) is 29.8 Å². The Labute approximate surface area is 127 Å². The maximum absolute atomic E-state index is 11.9. The van der Waals surface area contributed by atoms with E-state index in [0.29, 0.717) is 18.0 Å². The first-order chi connectivity index (χ1) is 10.2. The average Bonchev–Trinajstić information content (AvgIpc) is 2.88. The summed E-state index contributed by atoms with van der Waals surface area (Å²) in [7, 11) is 0. The number of benzene rings is 2. The van der Waals surface area contributed by atoms with E-state index in [1.54, 1.807) is 12.1 Å². The second-order valence-corrected chi connectivity index (χ2v) is 5.22. The highest BCUT2D eigenvalue weighted by Crippen LogP contribution is 2.12. The third kappa shape index (κ3) is 3.41. The molecule has 0 aliphatic rings. The number of fused-ring (bicyclic) bond motifs is 1. The molecule has 0 unspecified atom stereocenters. The second kappa shape index (κ2) is 5.97. The third-order valence-corrected chi connectivity index (χ3v) is 3.38. The quantitative estimate of drug-likeness (QED) is 0.778. The molecule has 0 aliphatic carbocycles. The smallest absolute Gasteiger partial charge is 0.224 e. The van der Waals surface area contributed by atoms with Crippen LogP contribution in [0.3, 0.4) is 0 Å². The van der Waals surface area contributed by atoms with Crippen molar-refractivity contribution >= 4 is 28.5 Å². The number of rotatable bonds is 4. The Morgan fingerprint density at radius 2 is 2.05 bits per heavy atom. The molecule has 106 valence electrons. The number of para-hydroxylation sites is 2. The number of amides is 1. The topological polar surface area (TPSA) is 57.8 Å². The Bertz CT molecular complexity index is 749. The van der Waals surface area contributed by atoms with Crippen LogP contribution in [0.15, 0.2) is 48.5 Å². The number of aromatic amines is 1. The molecule has 1 aromatic heterocycles. The van der Waals surface area contributed by atoms with E-state index in [2.05, 4.69) is 15.3 Å². The lowest BCUT2D eigenvalue weighted by molar-refractivity contribution is -0.120. The first-order valence-corrected chi connectivity index (χ1v) is 7.03. The zero-order valence-electron chi connectivity index (χ0n) is 11.3. The maximum Gasteiger partial charge on any atom is 0.224 e. The van der Waals surface area contributed by atoms with Crippen LogP contribution in [-0.4, -0.2) is 15.9 Å². The van der Waals surface area contributed by atoms with Crippen LogP contribution in [0, 0.1) is 0 Å². The Morgan fingerprint density at radius 1 is 1.19 bits per heavy atom. The van der Waals surface area contributed by atoms with Crippen molar-refractivity contribution in [3.63, 3.8) is 0 Å². The molecule has 4 nitrogen and oxygen atoms in total. The van der Waals surface area contributed by atoms with E-state index in [1.165, 1.54) is 0 Å². The Kier molecular flexibility index (Phi) is 3.88. The van der Waals surface area contributed by atoms with Crippen LogP contribution in [0.5, 0.6) is 0 Å². The molecule has 0 radical (unpaired) electrons. The summed E-state index contributed by atoms with van der Waals surface area (Å²) >= 11 is 5.90. The monoisotopic (exact) mass is 299 g/mol. The molecule has 0 fully saturated rings. The van der Waals surface area contributed by atoms with Crippen molar-refractivity contribution in [2.24, 2.45) is 0 Å². The van der Waals surface area contributed by atoms with Crippen molar-refractivity contribution < 1.29 is 4.79 Å². The van der Waals surface area contributed by atoms with Gasteiger partial charge in [0.25, 0.3) is 0 Å². The van der Waals surface area contributed by atoms with E-state index in [9.17, 15) is 4.79 Å². The van der Waals surface area contributed by atoms with E-state index < -0.39 is 0 Å². The molecule has 3 aromatic rings. The van der Waals surface area contributed by atoms with E-state index in [-0.39, 0.29) is 5.91 Å². The summed E-state index contributed by atoms with van der Waals surface area (Å²) < 4.78 is 0. The predicted octanol–water partition coefficient (Wildman–Crippen LogP) is 3.08. The van der Waals surface area contributed by atoms with Gasteiger partial charge in [-0.15, -0.1) is 0 Å². The largest absolute Gasteiger partial charge is 0.349 e. The molecule has 1 heterocycles. The van der Waals surface area contributed by atoms with E-state index in [1.807, 2.05) is 36.4 Å². The van der Waals surface area contributed by atoms with Crippen molar-refractivity contribution in [3.05, 3.63) is 64.9 Å². The number of carbonyl (C=O) groups is 1. The minimum Gasteiger partial charge on any atom is -0.349 e. The average molecular weight is 300 g/mol. The molecule has 0 bridgehead atoms. The van der Waals surface area contributed by atoms with Crippen LogP contribution in [0.25, 0.3) is 11.0 Å². The van der Waals surface area contributed by atoms with Gasteiger partial charge in [0.2, 0.25) is 5.91 Å². The molecule has 3 rings (SSSR count). The number of hydrogen-bond donors (Lipinski definition) is 2. The Hall–Kier alpha value is -2.33. The fraction of sp³-hybridized carbons (Fsp3) is 0.125. The molecular formula is C16H14ClN3O.